The van der Waals surface area contributed by atoms with E-state index < -0.39 is 12.1 Å². The highest BCUT2D eigenvalue weighted by Crippen LogP contribution is 2.27. The van der Waals surface area contributed by atoms with Crippen LogP contribution in [0.5, 0.6) is 0 Å². The molecule has 0 fully saturated rings. The molecule has 0 radical (unpaired) electrons. The van der Waals surface area contributed by atoms with Crippen LogP contribution in [0.1, 0.15) is 29.5 Å². The van der Waals surface area contributed by atoms with Crippen molar-refractivity contribution in [2.75, 3.05) is 13.6 Å². The Morgan fingerprint density at radius 1 is 1.28 bits per heavy atom. The second-order valence-electron chi connectivity index (χ2n) is 6.70. The maximum absolute atomic E-state index is 12.9. The van der Waals surface area contributed by atoms with Gasteiger partial charge in [-0.05, 0) is 38.1 Å². The van der Waals surface area contributed by atoms with E-state index in [1.165, 1.54) is 11.8 Å². The molecule has 0 aliphatic heterocycles. The van der Waals surface area contributed by atoms with Crippen molar-refractivity contribution in [2.45, 2.75) is 26.4 Å². The number of benzene rings is 1. The van der Waals surface area contributed by atoms with E-state index in [0.717, 1.165) is 5.76 Å². The van der Waals surface area contributed by atoms with E-state index >= 15 is 0 Å². The molecule has 0 aliphatic carbocycles. The first-order valence-electron chi connectivity index (χ1n) is 9.20. The molecular weight excluding hydrogens is 370 g/mol. The van der Waals surface area contributed by atoms with Gasteiger partial charge in [-0.3, -0.25) is 4.79 Å². The first-order chi connectivity index (χ1) is 13.9. The monoisotopic (exact) mass is 391 g/mol. The number of carbonyl (C=O) groups is 2. The van der Waals surface area contributed by atoms with Gasteiger partial charge < -0.3 is 14.1 Å². The molecular formula is C22H21N3O4. The number of para-hydroxylation sites is 1. The SMILES string of the molecule is Cc1ccc(-c2cc(C(=O)O[C@@H](C)C(=O)N(C)CCC#N)c3ccccc3n2)o1. The van der Waals surface area contributed by atoms with Crippen LogP contribution in [-0.4, -0.2) is 41.5 Å². The second kappa shape index (κ2) is 8.57. The van der Waals surface area contributed by atoms with Gasteiger partial charge >= 0.3 is 5.97 Å². The molecule has 2 aromatic heterocycles. The summed E-state index contributed by atoms with van der Waals surface area (Å²) in [4.78, 5) is 31.2. The van der Waals surface area contributed by atoms with Gasteiger partial charge in [0.25, 0.3) is 5.91 Å². The zero-order valence-electron chi connectivity index (χ0n) is 16.5. The number of pyridine rings is 1. The van der Waals surface area contributed by atoms with Crippen LogP contribution in [0.4, 0.5) is 0 Å². The largest absolute Gasteiger partial charge is 0.460 e. The third kappa shape index (κ3) is 4.43. The van der Waals surface area contributed by atoms with E-state index in [1.54, 1.807) is 31.3 Å². The van der Waals surface area contributed by atoms with Crippen molar-refractivity contribution in [2.24, 2.45) is 0 Å². The normalized spacial score (nSPS) is 11.7. The number of aromatic nitrogens is 1. The molecule has 0 N–H and O–H groups in total. The van der Waals surface area contributed by atoms with E-state index in [1.807, 2.05) is 31.2 Å². The number of ether oxygens (including phenoxy) is 1. The van der Waals surface area contributed by atoms with E-state index in [4.69, 9.17) is 14.4 Å². The van der Waals surface area contributed by atoms with Gasteiger partial charge in [0.05, 0.1) is 23.6 Å². The van der Waals surface area contributed by atoms with Crippen molar-refractivity contribution in [1.29, 1.82) is 5.26 Å². The van der Waals surface area contributed by atoms with Crippen molar-refractivity contribution in [3.05, 3.63) is 53.8 Å². The predicted molar refractivity (Wildman–Crippen MR) is 107 cm³/mol. The maximum atomic E-state index is 12.9. The lowest BCUT2D eigenvalue weighted by Gasteiger charge is -2.20. The zero-order valence-corrected chi connectivity index (χ0v) is 16.5. The van der Waals surface area contributed by atoms with Crippen LogP contribution in [0, 0.1) is 18.3 Å². The lowest BCUT2D eigenvalue weighted by Crippen LogP contribution is -2.37. The van der Waals surface area contributed by atoms with Gasteiger partial charge in [-0.1, -0.05) is 18.2 Å². The maximum Gasteiger partial charge on any atom is 0.339 e. The van der Waals surface area contributed by atoms with Crippen molar-refractivity contribution in [1.82, 2.24) is 9.88 Å². The average molecular weight is 391 g/mol. The summed E-state index contributed by atoms with van der Waals surface area (Å²) in [5.74, 6) is 0.290. The van der Waals surface area contributed by atoms with Gasteiger partial charge in [0.15, 0.2) is 11.9 Å². The molecule has 7 heteroatoms. The highest BCUT2D eigenvalue weighted by atomic mass is 16.5. The van der Waals surface area contributed by atoms with Gasteiger partial charge in [0.2, 0.25) is 0 Å². The summed E-state index contributed by atoms with van der Waals surface area (Å²) in [6.45, 7) is 3.62. The molecule has 29 heavy (non-hydrogen) atoms. The summed E-state index contributed by atoms with van der Waals surface area (Å²) in [5.41, 5.74) is 1.43. The summed E-state index contributed by atoms with van der Waals surface area (Å²) in [7, 11) is 1.57. The predicted octanol–water partition coefficient (Wildman–Crippen LogP) is 3.72. The van der Waals surface area contributed by atoms with Crippen molar-refractivity contribution in [3.8, 4) is 17.5 Å². The van der Waals surface area contributed by atoms with Crippen molar-refractivity contribution < 1.29 is 18.7 Å². The summed E-state index contributed by atoms with van der Waals surface area (Å²) in [6.07, 6.45) is -0.767. The molecule has 3 aromatic rings. The first-order valence-corrected chi connectivity index (χ1v) is 9.20. The molecule has 0 spiro atoms. The molecule has 0 unspecified atom stereocenters. The van der Waals surface area contributed by atoms with Crippen LogP contribution in [0.15, 0.2) is 46.9 Å². The third-order valence-electron chi connectivity index (χ3n) is 4.50. The minimum atomic E-state index is -0.979. The number of aryl methyl sites for hydroxylation is 1. The Balaban J connectivity index is 1.90. The highest BCUT2D eigenvalue weighted by molar-refractivity contribution is 6.05. The number of hydrogen-bond acceptors (Lipinski definition) is 6. The summed E-state index contributed by atoms with van der Waals surface area (Å²) < 4.78 is 11.1. The minimum Gasteiger partial charge on any atom is -0.460 e. The lowest BCUT2D eigenvalue weighted by atomic mass is 10.1. The molecule has 148 valence electrons. The number of furan rings is 1. The molecule has 0 saturated carbocycles. The van der Waals surface area contributed by atoms with Crippen LogP contribution in [-0.2, 0) is 9.53 Å². The molecule has 1 amide bonds. The van der Waals surface area contributed by atoms with Gasteiger partial charge in [0.1, 0.15) is 11.5 Å². The molecule has 3 rings (SSSR count). The Kier molecular flexibility index (Phi) is 5.93. The highest BCUT2D eigenvalue weighted by Gasteiger charge is 2.24. The Morgan fingerprint density at radius 2 is 2.03 bits per heavy atom. The standard InChI is InChI=1S/C22H21N3O4/c1-14-9-10-20(28-14)19-13-17(16-7-4-5-8-18(16)24-19)22(27)29-15(2)21(26)25(3)12-6-11-23/h4-5,7-10,13,15H,6,12H2,1-3H3/t15-/m0/s1. The second-order valence-corrected chi connectivity index (χ2v) is 6.70. The molecule has 1 aromatic carbocycles. The summed E-state index contributed by atoms with van der Waals surface area (Å²) in [5, 5.41) is 9.29. The molecule has 7 nitrogen and oxygen atoms in total. The lowest BCUT2D eigenvalue weighted by molar-refractivity contribution is -0.138. The zero-order chi connectivity index (χ0) is 21.0. The Hall–Kier alpha value is -3.66. The van der Waals surface area contributed by atoms with Gasteiger partial charge in [-0.25, -0.2) is 9.78 Å². The number of hydrogen-bond donors (Lipinski definition) is 0. The number of fused-ring (bicyclic) bond motifs is 1. The topological polar surface area (TPSA) is 96.4 Å². The Morgan fingerprint density at radius 3 is 2.72 bits per heavy atom. The van der Waals surface area contributed by atoms with E-state index in [0.29, 0.717) is 27.9 Å². The number of amides is 1. The molecule has 0 aliphatic rings. The minimum absolute atomic E-state index is 0.212. The fourth-order valence-electron chi connectivity index (χ4n) is 2.96. The van der Waals surface area contributed by atoms with E-state index in [-0.39, 0.29) is 18.9 Å². The molecule has 1 atom stereocenters. The number of nitrogens with zero attached hydrogens (tertiary/aromatic N) is 3. The average Bonchev–Trinajstić information content (AvgIpc) is 3.16. The van der Waals surface area contributed by atoms with E-state index in [2.05, 4.69) is 4.98 Å². The quantitative estimate of drug-likeness (QED) is 0.594. The number of esters is 1. The number of rotatable bonds is 6. The Bertz CT molecular complexity index is 1100. The number of likely N-dealkylation sites (N-methyl/N-ethyl adjacent to an activating group) is 1. The fourth-order valence-corrected chi connectivity index (χ4v) is 2.96. The van der Waals surface area contributed by atoms with Crippen LogP contribution < -0.4 is 0 Å². The van der Waals surface area contributed by atoms with Gasteiger partial charge in [-0.15, -0.1) is 0 Å². The number of nitriles is 1. The first kappa shape index (κ1) is 20.1. The van der Waals surface area contributed by atoms with E-state index in [9.17, 15) is 9.59 Å². The molecule has 2 heterocycles. The van der Waals surface area contributed by atoms with Crippen LogP contribution in [0.25, 0.3) is 22.4 Å². The molecule has 0 saturated heterocycles. The number of carbonyl (C=O) groups excluding carboxylic acids is 2. The Labute approximate surface area is 168 Å². The molecule has 0 bridgehead atoms. The smallest absolute Gasteiger partial charge is 0.339 e. The van der Waals surface area contributed by atoms with Crippen LogP contribution in [0.3, 0.4) is 0 Å². The summed E-state index contributed by atoms with van der Waals surface area (Å²) >= 11 is 0. The van der Waals surface area contributed by atoms with Crippen LogP contribution in [0.2, 0.25) is 0 Å². The van der Waals surface area contributed by atoms with Gasteiger partial charge in [-0.2, -0.15) is 5.26 Å². The van der Waals surface area contributed by atoms with Gasteiger partial charge in [0, 0.05) is 19.0 Å². The summed E-state index contributed by atoms with van der Waals surface area (Å²) in [6, 6.07) is 14.4. The van der Waals surface area contributed by atoms with Crippen molar-refractivity contribution >= 4 is 22.8 Å². The fraction of sp³-hybridized carbons (Fsp3) is 0.273. The third-order valence-corrected chi connectivity index (χ3v) is 4.50. The van der Waals surface area contributed by atoms with Crippen LogP contribution >= 0.6 is 0 Å². The van der Waals surface area contributed by atoms with Crippen molar-refractivity contribution in [3.63, 3.8) is 0 Å².